The van der Waals surface area contributed by atoms with Gasteiger partial charge in [-0.25, -0.2) is 4.98 Å². The Labute approximate surface area is 185 Å². The van der Waals surface area contributed by atoms with Gasteiger partial charge in [-0.3, -0.25) is 4.98 Å². The van der Waals surface area contributed by atoms with Gasteiger partial charge in [-0.1, -0.05) is 47.5 Å². The summed E-state index contributed by atoms with van der Waals surface area (Å²) in [6, 6.07) is 13.4. The number of rotatable bonds is 4. The van der Waals surface area contributed by atoms with Crippen LogP contribution in [0.25, 0.3) is 10.9 Å². The maximum absolute atomic E-state index is 12.9. The van der Waals surface area contributed by atoms with Gasteiger partial charge in [0.2, 0.25) is 0 Å². The summed E-state index contributed by atoms with van der Waals surface area (Å²) in [4.78, 5) is 7.71. The molecule has 4 nitrogen and oxygen atoms in total. The van der Waals surface area contributed by atoms with Crippen molar-refractivity contribution < 1.29 is 18.3 Å². The predicted molar refractivity (Wildman–Crippen MR) is 115 cm³/mol. The summed E-state index contributed by atoms with van der Waals surface area (Å²) < 4.78 is 38.6. The van der Waals surface area contributed by atoms with E-state index in [1.54, 1.807) is 42.6 Å². The van der Waals surface area contributed by atoms with Gasteiger partial charge in [-0.15, -0.1) is 0 Å². The molecule has 2 heterocycles. The molecule has 2 aromatic carbocycles. The van der Waals surface area contributed by atoms with E-state index in [-0.39, 0.29) is 5.75 Å². The van der Waals surface area contributed by atoms with Gasteiger partial charge < -0.3 is 10.4 Å². The number of benzene rings is 2. The minimum Gasteiger partial charge on any atom is -0.505 e. The lowest BCUT2D eigenvalue weighted by Crippen LogP contribution is -2.14. The number of nitrogens with zero attached hydrogens (tertiary/aromatic N) is 2. The molecular formula is C22H14Cl2F3N3O. The number of aromatic nitrogens is 2. The molecule has 0 saturated heterocycles. The Morgan fingerprint density at radius 2 is 1.71 bits per heavy atom. The second-order valence-corrected chi connectivity index (χ2v) is 7.60. The molecule has 0 saturated carbocycles. The maximum atomic E-state index is 12.9. The number of fused-ring (bicyclic) bond motifs is 1. The Bertz CT molecular complexity index is 1250. The second kappa shape index (κ2) is 8.24. The molecule has 0 fully saturated rings. The molecule has 0 radical (unpaired) electrons. The fourth-order valence-corrected chi connectivity index (χ4v) is 3.77. The molecule has 0 bridgehead atoms. The van der Waals surface area contributed by atoms with Crippen molar-refractivity contribution in [3.05, 3.63) is 93.9 Å². The first kappa shape index (κ1) is 21.2. The molecule has 158 valence electrons. The molecule has 0 aliphatic heterocycles. The highest BCUT2D eigenvalue weighted by Crippen LogP contribution is 2.39. The van der Waals surface area contributed by atoms with E-state index in [1.807, 2.05) is 6.07 Å². The fourth-order valence-electron chi connectivity index (χ4n) is 3.25. The number of phenols is 1. The number of alkyl halides is 3. The van der Waals surface area contributed by atoms with Gasteiger partial charge in [0.1, 0.15) is 17.0 Å². The van der Waals surface area contributed by atoms with Gasteiger partial charge in [0.05, 0.1) is 17.9 Å². The second-order valence-electron chi connectivity index (χ2n) is 6.75. The Hall–Kier alpha value is -3.03. The van der Waals surface area contributed by atoms with Crippen LogP contribution in [0.5, 0.6) is 5.75 Å². The van der Waals surface area contributed by atoms with Gasteiger partial charge in [-0.2, -0.15) is 13.2 Å². The Balaban J connectivity index is 1.82. The van der Waals surface area contributed by atoms with E-state index in [4.69, 9.17) is 23.2 Å². The molecule has 0 spiro atoms. The number of phenolic OH excluding ortho intramolecular Hbond substituents is 1. The number of hydrogen-bond donors (Lipinski definition) is 2. The summed E-state index contributed by atoms with van der Waals surface area (Å²) in [6.45, 7) is 0. The third-order valence-electron chi connectivity index (χ3n) is 4.73. The first-order valence-electron chi connectivity index (χ1n) is 9.05. The summed E-state index contributed by atoms with van der Waals surface area (Å²) in [7, 11) is 0. The zero-order chi connectivity index (χ0) is 22.2. The largest absolute Gasteiger partial charge is 0.505 e. The van der Waals surface area contributed by atoms with Crippen LogP contribution in [0.3, 0.4) is 0 Å². The molecule has 31 heavy (non-hydrogen) atoms. The van der Waals surface area contributed by atoms with Crippen LogP contribution in [0.4, 0.5) is 18.9 Å². The minimum absolute atomic E-state index is 0.0681. The van der Waals surface area contributed by atoms with Crippen LogP contribution in [0, 0.1) is 0 Å². The molecule has 0 aliphatic rings. The molecule has 1 atom stereocenters. The molecule has 0 amide bonds. The van der Waals surface area contributed by atoms with Gasteiger partial charge in [0.25, 0.3) is 0 Å². The molecule has 0 aliphatic carbocycles. The Kier molecular flexibility index (Phi) is 5.64. The third kappa shape index (κ3) is 4.38. The molecule has 4 rings (SSSR count). The van der Waals surface area contributed by atoms with Crippen LogP contribution in [0.15, 0.2) is 67.0 Å². The number of pyridine rings is 2. The van der Waals surface area contributed by atoms with Gasteiger partial charge in [0.15, 0.2) is 0 Å². The fraction of sp³-hybridized carbons (Fsp3) is 0.0909. The van der Waals surface area contributed by atoms with Crippen molar-refractivity contribution in [2.75, 3.05) is 5.32 Å². The number of nitrogens with one attached hydrogen (secondary N) is 1. The van der Waals surface area contributed by atoms with Crippen LogP contribution in [0.2, 0.25) is 10.0 Å². The molecule has 2 N–H and O–H groups in total. The highest BCUT2D eigenvalue weighted by Gasteiger charge is 2.32. The average Bonchev–Trinajstić information content (AvgIpc) is 2.73. The number of halogens is 5. The average molecular weight is 464 g/mol. The summed E-state index contributed by atoms with van der Waals surface area (Å²) in [5, 5.41) is 15.5. The summed E-state index contributed by atoms with van der Waals surface area (Å²) in [5.41, 5.74) is 0.704. The number of anilines is 1. The van der Waals surface area contributed by atoms with E-state index in [0.717, 1.165) is 17.6 Å². The van der Waals surface area contributed by atoms with E-state index in [0.29, 0.717) is 32.4 Å². The highest BCUT2D eigenvalue weighted by atomic mass is 35.5. The normalized spacial score (nSPS) is 12.7. The Morgan fingerprint density at radius 1 is 0.935 bits per heavy atom. The lowest BCUT2D eigenvalue weighted by molar-refractivity contribution is -0.141. The Morgan fingerprint density at radius 3 is 2.39 bits per heavy atom. The zero-order valence-electron chi connectivity index (χ0n) is 15.7. The van der Waals surface area contributed by atoms with E-state index in [2.05, 4.69) is 15.3 Å². The van der Waals surface area contributed by atoms with Crippen molar-refractivity contribution in [3.63, 3.8) is 0 Å². The standard InChI is InChI=1S/C22H14Cl2F3N3O/c23-13-4-7-15(17(24)10-13)20(30-14-5-8-18(29-11-14)22(25,26)27)16-6-3-12-2-1-9-28-19(12)21(16)31/h1-11,20,30-31H. The monoisotopic (exact) mass is 463 g/mol. The highest BCUT2D eigenvalue weighted by molar-refractivity contribution is 6.35. The summed E-state index contributed by atoms with van der Waals surface area (Å²) >= 11 is 12.4. The van der Waals surface area contributed by atoms with Gasteiger partial charge in [-0.05, 0) is 35.9 Å². The van der Waals surface area contributed by atoms with Gasteiger partial charge in [0, 0.05) is 27.2 Å². The maximum Gasteiger partial charge on any atom is 0.433 e. The predicted octanol–water partition coefficient (Wildman–Crippen LogP) is 6.86. The van der Waals surface area contributed by atoms with Crippen LogP contribution < -0.4 is 5.32 Å². The van der Waals surface area contributed by atoms with E-state index >= 15 is 0 Å². The first-order valence-corrected chi connectivity index (χ1v) is 9.81. The molecule has 9 heteroatoms. The summed E-state index contributed by atoms with van der Waals surface area (Å²) in [6.07, 6.45) is -1.90. The lowest BCUT2D eigenvalue weighted by Gasteiger charge is -2.23. The van der Waals surface area contributed by atoms with E-state index < -0.39 is 17.9 Å². The third-order valence-corrected chi connectivity index (χ3v) is 5.29. The summed E-state index contributed by atoms with van der Waals surface area (Å²) in [5.74, 6) is -0.0681. The first-order chi connectivity index (χ1) is 14.7. The van der Waals surface area contributed by atoms with Crippen LogP contribution >= 0.6 is 23.2 Å². The van der Waals surface area contributed by atoms with Crippen LogP contribution in [-0.2, 0) is 6.18 Å². The van der Waals surface area contributed by atoms with Crippen LogP contribution in [0.1, 0.15) is 22.9 Å². The quantitative estimate of drug-likeness (QED) is 0.346. The van der Waals surface area contributed by atoms with E-state index in [9.17, 15) is 18.3 Å². The van der Waals surface area contributed by atoms with Crippen molar-refractivity contribution >= 4 is 39.8 Å². The van der Waals surface area contributed by atoms with Crippen molar-refractivity contribution in [1.82, 2.24) is 9.97 Å². The SMILES string of the molecule is Oc1c(C(Nc2ccc(C(F)(F)F)nc2)c2ccc(Cl)cc2Cl)ccc2cccnc12. The lowest BCUT2D eigenvalue weighted by atomic mass is 9.96. The topological polar surface area (TPSA) is 58.0 Å². The van der Waals surface area contributed by atoms with Gasteiger partial charge >= 0.3 is 6.18 Å². The van der Waals surface area contributed by atoms with Crippen molar-refractivity contribution in [3.8, 4) is 5.75 Å². The van der Waals surface area contributed by atoms with E-state index in [1.165, 1.54) is 6.07 Å². The molecule has 1 unspecified atom stereocenters. The number of aromatic hydroxyl groups is 1. The van der Waals surface area contributed by atoms with Crippen molar-refractivity contribution in [2.24, 2.45) is 0 Å². The minimum atomic E-state index is -4.54. The molecule has 2 aromatic heterocycles. The number of hydrogen-bond acceptors (Lipinski definition) is 4. The molecular weight excluding hydrogens is 450 g/mol. The smallest absolute Gasteiger partial charge is 0.433 e. The van der Waals surface area contributed by atoms with Crippen molar-refractivity contribution in [1.29, 1.82) is 0 Å². The zero-order valence-corrected chi connectivity index (χ0v) is 17.2. The van der Waals surface area contributed by atoms with Crippen molar-refractivity contribution in [2.45, 2.75) is 12.2 Å². The van der Waals surface area contributed by atoms with Crippen LogP contribution in [-0.4, -0.2) is 15.1 Å². The molecule has 4 aromatic rings.